The maximum Gasteiger partial charge on any atom is 0.241 e. The Labute approximate surface area is 162 Å². The molecule has 26 heavy (non-hydrogen) atoms. The van der Waals surface area contributed by atoms with E-state index in [-0.39, 0.29) is 10.8 Å². The summed E-state index contributed by atoms with van der Waals surface area (Å²) >= 11 is 1.62. The lowest BCUT2D eigenvalue weighted by molar-refractivity contribution is -0.133. The third-order valence-electron chi connectivity index (χ3n) is 4.71. The number of thioether (sulfide) groups is 1. The molecule has 1 aliphatic rings. The maximum atomic E-state index is 13.0. The predicted octanol–water partition coefficient (Wildman–Crippen LogP) is 3.19. The fourth-order valence-electron chi connectivity index (χ4n) is 3.13. The summed E-state index contributed by atoms with van der Waals surface area (Å²) in [6.07, 6.45) is 7.94. The summed E-state index contributed by atoms with van der Waals surface area (Å²) < 4.78 is 28.1. The number of nitrogens with one attached hydrogen (secondary N) is 1. The fraction of sp³-hybridized carbons (Fsp3) is 0.632. The number of carbonyl (C=O) groups excluding carboxylic acids is 1. The molecule has 1 saturated heterocycles. The Balaban J connectivity index is 2.14. The molecule has 1 atom stereocenters. The van der Waals surface area contributed by atoms with Gasteiger partial charge in [0.2, 0.25) is 15.9 Å². The summed E-state index contributed by atoms with van der Waals surface area (Å²) in [6.45, 7) is 3.36. The van der Waals surface area contributed by atoms with Crippen LogP contribution in [-0.2, 0) is 14.8 Å². The van der Waals surface area contributed by atoms with Crippen LogP contribution in [0.1, 0.15) is 44.1 Å². The van der Waals surface area contributed by atoms with Crippen molar-refractivity contribution in [2.45, 2.75) is 56.4 Å². The van der Waals surface area contributed by atoms with Crippen LogP contribution in [0.2, 0.25) is 0 Å². The maximum absolute atomic E-state index is 13.0. The van der Waals surface area contributed by atoms with Gasteiger partial charge in [0.1, 0.15) is 6.04 Å². The van der Waals surface area contributed by atoms with Crippen molar-refractivity contribution in [3.8, 4) is 0 Å². The first kappa shape index (κ1) is 21.3. The van der Waals surface area contributed by atoms with Crippen LogP contribution in [0.3, 0.4) is 0 Å². The smallest absolute Gasteiger partial charge is 0.241 e. The van der Waals surface area contributed by atoms with E-state index in [1.165, 1.54) is 6.42 Å². The molecular weight excluding hydrogens is 368 g/mol. The van der Waals surface area contributed by atoms with E-state index in [4.69, 9.17) is 0 Å². The second kappa shape index (κ2) is 10.3. The third-order valence-corrected chi connectivity index (χ3v) is 6.84. The van der Waals surface area contributed by atoms with E-state index in [0.29, 0.717) is 6.42 Å². The predicted molar refractivity (Wildman–Crippen MR) is 108 cm³/mol. The van der Waals surface area contributed by atoms with Gasteiger partial charge in [0.05, 0.1) is 4.90 Å². The standard InChI is InChI=1S/C19H30N2O3S2/c1-16-8-10-17(11-9-16)26(23,24)20-18(12-15-25-2)19(22)21-13-6-4-3-5-7-14-21/h8-11,18,20H,3-7,12-15H2,1-2H3/t18-/m0/s1. The first-order valence-corrected chi connectivity index (χ1v) is 12.2. The topological polar surface area (TPSA) is 66.5 Å². The first-order chi connectivity index (χ1) is 12.4. The molecule has 1 amide bonds. The molecule has 1 aromatic rings. The summed E-state index contributed by atoms with van der Waals surface area (Å²) in [5.41, 5.74) is 1.000. The number of rotatable bonds is 7. The van der Waals surface area contributed by atoms with Crippen molar-refractivity contribution < 1.29 is 13.2 Å². The molecule has 0 saturated carbocycles. The van der Waals surface area contributed by atoms with Crippen LogP contribution < -0.4 is 4.72 Å². The lowest BCUT2D eigenvalue weighted by atomic mass is 10.1. The quantitative estimate of drug-likeness (QED) is 0.766. The number of amides is 1. The van der Waals surface area contributed by atoms with E-state index in [1.807, 2.05) is 18.1 Å². The SMILES string of the molecule is CSCC[C@H](NS(=O)(=O)c1ccc(C)cc1)C(=O)N1CCCCCCC1. The van der Waals surface area contributed by atoms with Gasteiger partial charge in [-0.3, -0.25) is 4.79 Å². The summed E-state index contributed by atoms with van der Waals surface area (Å²) in [7, 11) is -3.71. The lowest BCUT2D eigenvalue weighted by Gasteiger charge is -2.29. The summed E-state index contributed by atoms with van der Waals surface area (Å²) in [6, 6.07) is 6.01. The van der Waals surface area contributed by atoms with Crippen molar-refractivity contribution in [3.05, 3.63) is 29.8 Å². The zero-order valence-corrected chi connectivity index (χ0v) is 17.4. The van der Waals surface area contributed by atoms with Gasteiger partial charge in [-0.05, 0) is 50.3 Å². The Bertz CT molecular complexity index is 667. The van der Waals surface area contributed by atoms with E-state index in [9.17, 15) is 13.2 Å². The molecule has 0 aliphatic carbocycles. The van der Waals surface area contributed by atoms with Crippen molar-refractivity contribution >= 4 is 27.7 Å². The molecule has 5 nitrogen and oxygen atoms in total. The molecule has 0 spiro atoms. The largest absolute Gasteiger partial charge is 0.341 e. The van der Waals surface area contributed by atoms with E-state index in [0.717, 1.165) is 50.1 Å². The molecule has 0 bridgehead atoms. The second-order valence-electron chi connectivity index (χ2n) is 6.86. The van der Waals surface area contributed by atoms with Crippen molar-refractivity contribution in [2.24, 2.45) is 0 Å². The number of carbonyl (C=O) groups is 1. The van der Waals surface area contributed by atoms with Crippen LogP contribution in [0.5, 0.6) is 0 Å². The van der Waals surface area contributed by atoms with Crippen molar-refractivity contribution in [1.82, 2.24) is 9.62 Å². The highest BCUT2D eigenvalue weighted by Gasteiger charge is 2.29. The van der Waals surface area contributed by atoms with Crippen LogP contribution in [0.15, 0.2) is 29.2 Å². The molecule has 7 heteroatoms. The summed E-state index contributed by atoms with van der Waals surface area (Å²) in [4.78, 5) is 15.1. The molecule has 1 fully saturated rings. The minimum atomic E-state index is -3.71. The van der Waals surface area contributed by atoms with Crippen molar-refractivity contribution in [3.63, 3.8) is 0 Å². The Morgan fingerprint density at radius 1 is 1.12 bits per heavy atom. The van der Waals surface area contributed by atoms with Gasteiger partial charge in [0.25, 0.3) is 0 Å². The highest BCUT2D eigenvalue weighted by molar-refractivity contribution is 7.98. The zero-order chi connectivity index (χ0) is 19.0. The molecule has 0 radical (unpaired) electrons. The Morgan fingerprint density at radius 3 is 2.27 bits per heavy atom. The average Bonchev–Trinajstić information content (AvgIpc) is 2.58. The normalized spacial score (nSPS) is 17.4. The van der Waals surface area contributed by atoms with Crippen molar-refractivity contribution in [1.29, 1.82) is 0 Å². The van der Waals surface area contributed by atoms with Gasteiger partial charge in [-0.15, -0.1) is 0 Å². The highest BCUT2D eigenvalue weighted by Crippen LogP contribution is 2.16. The number of aryl methyl sites for hydroxylation is 1. The monoisotopic (exact) mass is 398 g/mol. The van der Waals surface area contributed by atoms with Gasteiger partial charge >= 0.3 is 0 Å². The minimum absolute atomic E-state index is 0.0864. The average molecular weight is 399 g/mol. The van der Waals surface area contributed by atoms with Crippen LogP contribution in [-0.4, -0.2) is 50.4 Å². The number of hydrogen-bond donors (Lipinski definition) is 1. The molecule has 1 heterocycles. The summed E-state index contributed by atoms with van der Waals surface area (Å²) in [5.74, 6) is 0.650. The molecule has 1 aromatic carbocycles. The van der Waals surface area contributed by atoms with Gasteiger partial charge in [0.15, 0.2) is 0 Å². The summed E-state index contributed by atoms with van der Waals surface area (Å²) in [5, 5.41) is 0. The molecule has 0 aromatic heterocycles. The molecule has 1 N–H and O–H groups in total. The number of sulfonamides is 1. The van der Waals surface area contributed by atoms with Gasteiger partial charge in [-0.1, -0.05) is 37.0 Å². The Kier molecular flexibility index (Phi) is 8.44. The van der Waals surface area contributed by atoms with Crippen LogP contribution in [0.4, 0.5) is 0 Å². The number of nitrogens with zero attached hydrogens (tertiary/aromatic N) is 1. The molecule has 2 rings (SSSR count). The number of likely N-dealkylation sites (tertiary alicyclic amines) is 1. The first-order valence-electron chi connectivity index (χ1n) is 9.31. The molecule has 0 unspecified atom stereocenters. The van der Waals surface area contributed by atoms with Gasteiger partial charge < -0.3 is 4.90 Å². The molecular formula is C19H30N2O3S2. The number of benzene rings is 1. The highest BCUT2D eigenvalue weighted by atomic mass is 32.2. The van der Waals surface area contributed by atoms with Crippen LogP contribution >= 0.6 is 11.8 Å². The Morgan fingerprint density at radius 2 is 1.69 bits per heavy atom. The second-order valence-corrected chi connectivity index (χ2v) is 9.56. The molecule has 1 aliphatic heterocycles. The fourth-order valence-corrected chi connectivity index (χ4v) is 4.82. The lowest BCUT2D eigenvalue weighted by Crippen LogP contribution is -2.49. The van der Waals surface area contributed by atoms with E-state index >= 15 is 0 Å². The van der Waals surface area contributed by atoms with Crippen LogP contribution in [0, 0.1) is 6.92 Å². The zero-order valence-electron chi connectivity index (χ0n) is 15.7. The van der Waals surface area contributed by atoms with E-state index in [1.54, 1.807) is 36.0 Å². The van der Waals surface area contributed by atoms with Gasteiger partial charge in [-0.2, -0.15) is 16.5 Å². The molecule has 146 valence electrons. The van der Waals surface area contributed by atoms with E-state index < -0.39 is 16.1 Å². The van der Waals surface area contributed by atoms with Crippen molar-refractivity contribution in [2.75, 3.05) is 25.1 Å². The van der Waals surface area contributed by atoms with Gasteiger partial charge in [-0.25, -0.2) is 8.42 Å². The van der Waals surface area contributed by atoms with E-state index in [2.05, 4.69) is 4.72 Å². The third kappa shape index (κ3) is 6.28. The van der Waals surface area contributed by atoms with Crippen LogP contribution in [0.25, 0.3) is 0 Å². The number of hydrogen-bond acceptors (Lipinski definition) is 4. The van der Waals surface area contributed by atoms with Gasteiger partial charge in [0, 0.05) is 13.1 Å². The Hall–Kier alpha value is -1.05. The minimum Gasteiger partial charge on any atom is -0.341 e.